The van der Waals surface area contributed by atoms with Crippen molar-refractivity contribution in [1.29, 1.82) is 0 Å². The first kappa shape index (κ1) is 37.1. The molecule has 0 aliphatic heterocycles. The van der Waals surface area contributed by atoms with E-state index in [0.717, 1.165) is 17.1 Å². The van der Waals surface area contributed by atoms with Crippen LogP contribution in [0.15, 0.2) is 237 Å². The molecule has 10 aromatic carbocycles. The summed E-state index contributed by atoms with van der Waals surface area (Å²) in [5.41, 5.74) is 20.6. The molecular formula is C62H45N. The third kappa shape index (κ3) is 5.56. The van der Waals surface area contributed by atoms with Crippen molar-refractivity contribution in [3.8, 4) is 44.5 Å². The van der Waals surface area contributed by atoms with Gasteiger partial charge < -0.3 is 4.90 Å². The Bertz CT molecular complexity index is 3310. The average molecular weight is 804 g/mol. The molecule has 1 nitrogen and oxygen atoms in total. The SMILES string of the molecule is CC1(C)c2cccc(-c3ccccc3N(c3ccc(-c4ccccc4)cc3)c3ccc4c(c3)C(c3ccccc3)(c3ccccc3)c3ccccc3-4)c2-c2c1ccc1ccccc21. The molecule has 2 aliphatic carbocycles. The summed E-state index contributed by atoms with van der Waals surface area (Å²) in [5.74, 6) is 0. The highest BCUT2D eigenvalue weighted by atomic mass is 15.1. The second-order valence-electron chi connectivity index (χ2n) is 17.6. The molecule has 0 saturated heterocycles. The predicted octanol–water partition coefficient (Wildman–Crippen LogP) is 16.3. The minimum atomic E-state index is -0.524. The lowest BCUT2D eigenvalue weighted by atomic mass is 9.67. The van der Waals surface area contributed by atoms with Crippen LogP contribution in [0, 0.1) is 0 Å². The third-order valence-electron chi connectivity index (χ3n) is 14.0. The first-order chi connectivity index (χ1) is 31.0. The summed E-state index contributed by atoms with van der Waals surface area (Å²) in [6.45, 7) is 4.77. The maximum Gasteiger partial charge on any atom is 0.0714 e. The van der Waals surface area contributed by atoms with Crippen LogP contribution in [0.2, 0.25) is 0 Å². The topological polar surface area (TPSA) is 3.24 Å². The molecule has 0 bridgehead atoms. The molecule has 0 spiro atoms. The van der Waals surface area contributed by atoms with Crippen molar-refractivity contribution >= 4 is 27.8 Å². The Morgan fingerprint density at radius 3 is 1.62 bits per heavy atom. The van der Waals surface area contributed by atoms with E-state index in [1.54, 1.807) is 0 Å². The molecule has 12 rings (SSSR count). The molecule has 0 fully saturated rings. The summed E-state index contributed by atoms with van der Waals surface area (Å²) in [6.07, 6.45) is 0. The van der Waals surface area contributed by atoms with Crippen LogP contribution in [0.3, 0.4) is 0 Å². The van der Waals surface area contributed by atoms with Crippen LogP contribution in [0.25, 0.3) is 55.3 Å². The highest BCUT2D eigenvalue weighted by Crippen LogP contribution is 2.59. The molecule has 0 aromatic heterocycles. The first-order valence-electron chi connectivity index (χ1n) is 22.1. The fourth-order valence-corrected chi connectivity index (χ4v) is 11.1. The quantitative estimate of drug-likeness (QED) is 0.155. The van der Waals surface area contributed by atoms with Gasteiger partial charge in [-0.2, -0.15) is 0 Å². The monoisotopic (exact) mass is 803 g/mol. The number of anilines is 3. The van der Waals surface area contributed by atoms with E-state index in [-0.39, 0.29) is 5.41 Å². The summed E-state index contributed by atoms with van der Waals surface area (Å²) < 4.78 is 0. The fourth-order valence-electron chi connectivity index (χ4n) is 11.1. The largest absolute Gasteiger partial charge is 0.310 e. The van der Waals surface area contributed by atoms with Crippen LogP contribution in [-0.4, -0.2) is 0 Å². The fraction of sp³-hybridized carbons (Fsp3) is 0.0645. The Morgan fingerprint density at radius 1 is 0.333 bits per heavy atom. The summed E-state index contributed by atoms with van der Waals surface area (Å²) in [7, 11) is 0. The number of rotatable bonds is 7. The summed E-state index contributed by atoms with van der Waals surface area (Å²) in [4.78, 5) is 2.50. The summed E-state index contributed by atoms with van der Waals surface area (Å²) in [6, 6.07) is 87.8. The lowest BCUT2D eigenvalue weighted by molar-refractivity contribution is 0.661. The number of hydrogen-bond acceptors (Lipinski definition) is 1. The van der Waals surface area contributed by atoms with Gasteiger partial charge in [0.05, 0.1) is 11.1 Å². The molecule has 63 heavy (non-hydrogen) atoms. The highest BCUT2D eigenvalue weighted by molar-refractivity contribution is 6.08. The highest BCUT2D eigenvalue weighted by Gasteiger charge is 2.46. The second kappa shape index (κ2) is 14.4. The molecule has 0 amide bonds. The van der Waals surface area contributed by atoms with Crippen molar-refractivity contribution in [2.24, 2.45) is 0 Å². The molecule has 2 aliphatic rings. The van der Waals surface area contributed by atoms with Gasteiger partial charge in [0, 0.05) is 22.4 Å². The van der Waals surface area contributed by atoms with Crippen molar-refractivity contribution in [2.75, 3.05) is 4.90 Å². The van der Waals surface area contributed by atoms with Gasteiger partial charge in [0.15, 0.2) is 0 Å². The number of nitrogens with zero attached hydrogens (tertiary/aromatic N) is 1. The maximum absolute atomic E-state index is 2.50. The lowest BCUT2D eigenvalue weighted by Crippen LogP contribution is -2.28. The molecule has 298 valence electrons. The van der Waals surface area contributed by atoms with Gasteiger partial charge in [-0.15, -0.1) is 0 Å². The average Bonchev–Trinajstić information content (AvgIpc) is 3.78. The van der Waals surface area contributed by atoms with Gasteiger partial charge in [0.25, 0.3) is 0 Å². The summed E-state index contributed by atoms with van der Waals surface area (Å²) in [5, 5.41) is 2.57. The van der Waals surface area contributed by atoms with E-state index in [1.165, 1.54) is 88.7 Å². The molecule has 0 N–H and O–H groups in total. The van der Waals surface area contributed by atoms with E-state index >= 15 is 0 Å². The molecule has 10 aromatic rings. The van der Waals surface area contributed by atoms with Crippen LogP contribution in [-0.2, 0) is 10.8 Å². The van der Waals surface area contributed by atoms with Crippen LogP contribution < -0.4 is 4.90 Å². The zero-order valence-electron chi connectivity index (χ0n) is 35.5. The third-order valence-corrected chi connectivity index (χ3v) is 14.0. The van der Waals surface area contributed by atoms with Gasteiger partial charge in [-0.25, -0.2) is 0 Å². The smallest absolute Gasteiger partial charge is 0.0714 e. The normalized spacial score (nSPS) is 13.8. The standard InChI is InChI=1S/C62H45N/c1-61(2)55-31-18-29-53(60(55)59-49-26-13-12-21-44(49)35-40-56(59)61)52-28-15-17-32-58(52)63(47-36-33-43(34-37-47)42-19-6-3-7-20-42)48-38-39-51-50-27-14-16-30-54(50)62(57(51)41-48,45-22-8-4-9-23-45)46-24-10-5-11-25-46/h3-41H,1-2H3. The van der Waals surface area contributed by atoms with E-state index < -0.39 is 5.41 Å². The molecule has 0 atom stereocenters. The minimum absolute atomic E-state index is 0.153. The van der Waals surface area contributed by atoms with E-state index in [2.05, 4.69) is 255 Å². The number of fused-ring (bicyclic) bond motifs is 8. The Labute approximate surface area is 370 Å². The Kier molecular flexibility index (Phi) is 8.49. The van der Waals surface area contributed by atoms with Crippen molar-refractivity contribution in [3.05, 3.63) is 270 Å². The first-order valence-corrected chi connectivity index (χ1v) is 22.1. The lowest BCUT2D eigenvalue weighted by Gasteiger charge is -2.35. The predicted molar refractivity (Wildman–Crippen MR) is 264 cm³/mol. The summed E-state index contributed by atoms with van der Waals surface area (Å²) >= 11 is 0. The van der Waals surface area contributed by atoms with Crippen molar-refractivity contribution in [1.82, 2.24) is 0 Å². The molecule has 0 radical (unpaired) electrons. The van der Waals surface area contributed by atoms with Crippen LogP contribution >= 0.6 is 0 Å². The van der Waals surface area contributed by atoms with E-state index in [9.17, 15) is 0 Å². The Hall–Kier alpha value is -7.74. The van der Waals surface area contributed by atoms with Gasteiger partial charge in [-0.3, -0.25) is 0 Å². The zero-order chi connectivity index (χ0) is 42.1. The van der Waals surface area contributed by atoms with E-state index in [4.69, 9.17) is 0 Å². The van der Waals surface area contributed by atoms with E-state index in [1.807, 2.05) is 0 Å². The molecule has 1 heteroatoms. The van der Waals surface area contributed by atoms with Gasteiger partial charge in [0.1, 0.15) is 0 Å². The van der Waals surface area contributed by atoms with Gasteiger partial charge in [-0.05, 0) is 113 Å². The zero-order valence-corrected chi connectivity index (χ0v) is 35.5. The molecule has 0 saturated carbocycles. The maximum atomic E-state index is 2.50. The molecular weight excluding hydrogens is 759 g/mol. The van der Waals surface area contributed by atoms with Gasteiger partial charge >= 0.3 is 0 Å². The van der Waals surface area contributed by atoms with E-state index in [0.29, 0.717) is 0 Å². The second-order valence-corrected chi connectivity index (χ2v) is 17.6. The van der Waals surface area contributed by atoms with Gasteiger partial charge in [-0.1, -0.05) is 220 Å². The number of benzene rings is 10. The number of para-hydroxylation sites is 1. The minimum Gasteiger partial charge on any atom is -0.310 e. The molecule has 0 unspecified atom stereocenters. The van der Waals surface area contributed by atoms with Crippen LogP contribution in [0.1, 0.15) is 47.2 Å². The Morgan fingerprint density at radius 2 is 0.873 bits per heavy atom. The van der Waals surface area contributed by atoms with Crippen LogP contribution in [0.5, 0.6) is 0 Å². The van der Waals surface area contributed by atoms with Crippen LogP contribution in [0.4, 0.5) is 17.1 Å². The molecule has 0 heterocycles. The van der Waals surface area contributed by atoms with Crippen molar-refractivity contribution in [2.45, 2.75) is 24.7 Å². The van der Waals surface area contributed by atoms with Gasteiger partial charge in [0.2, 0.25) is 0 Å². The number of hydrogen-bond donors (Lipinski definition) is 0. The van der Waals surface area contributed by atoms with Crippen molar-refractivity contribution < 1.29 is 0 Å². The van der Waals surface area contributed by atoms with Crippen molar-refractivity contribution in [3.63, 3.8) is 0 Å². The Balaban J connectivity index is 1.13.